The lowest BCUT2D eigenvalue weighted by Crippen LogP contribution is -2.14. The summed E-state index contributed by atoms with van der Waals surface area (Å²) in [5, 5.41) is 11.8. The van der Waals surface area contributed by atoms with Crippen LogP contribution in [0.15, 0.2) is 28.6 Å². The summed E-state index contributed by atoms with van der Waals surface area (Å²) in [6, 6.07) is 5.05. The number of hydrogen-bond donors (Lipinski definition) is 2. The van der Waals surface area contributed by atoms with Crippen LogP contribution in [0.1, 0.15) is 38.1 Å². The van der Waals surface area contributed by atoms with Crippen LogP contribution in [-0.4, -0.2) is 39.9 Å². The summed E-state index contributed by atoms with van der Waals surface area (Å²) in [5.74, 6) is -0.212. The van der Waals surface area contributed by atoms with Crippen LogP contribution in [0.25, 0.3) is 0 Å². The Morgan fingerprint density at radius 1 is 1.15 bits per heavy atom. The van der Waals surface area contributed by atoms with E-state index in [1.54, 1.807) is 24.4 Å². The van der Waals surface area contributed by atoms with Crippen LogP contribution in [0.5, 0.6) is 11.5 Å². The van der Waals surface area contributed by atoms with Crippen molar-refractivity contribution in [2.24, 2.45) is 0 Å². The predicted octanol–water partition coefficient (Wildman–Crippen LogP) is 4.15. The van der Waals surface area contributed by atoms with Gasteiger partial charge in [-0.15, -0.1) is 11.8 Å². The average molecular weight is 411 g/mol. The first kappa shape index (κ1) is 21.0. The van der Waals surface area contributed by atoms with Gasteiger partial charge in [0.25, 0.3) is 5.91 Å². The topological polar surface area (TPSA) is 97.8 Å². The number of carbonyl (C=O) groups is 2. The lowest BCUT2D eigenvalue weighted by atomic mass is 10.2. The maximum absolute atomic E-state index is 12.6. The Morgan fingerprint density at radius 3 is 2.26 bits per heavy atom. The Labute approximate surface area is 166 Å². The molecular formula is C18H22N2O5S2. The number of thioether (sulfide) groups is 1. The van der Waals surface area contributed by atoms with Crippen molar-refractivity contribution in [1.82, 2.24) is 4.98 Å². The zero-order valence-electron chi connectivity index (χ0n) is 15.5. The van der Waals surface area contributed by atoms with Gasteiger partial charge in [-0.25, -0.2) is 4.98 Å². The van der Waals surface area contributed by atoms with E-state index in [4.69, 9.17) is 14.6 Å². The summed E-state index contributed by atoms with van der Waals surface area (Å²) < 4.78 is 12.1. The number of thiazole rings is 1. The molecule has 1 aromatic heterocycles. The molecule has 0 saturated heterocycles. The van der Waals surface area contributed by atoms with Crippen molar-refractivity contribution >= 4 is 40.1 Å². The van der Waals surface area contributed by atoms with Crippen molar-refractivity contribution in [3.05, 3.63) is 30.0 Å². The minimum atomic E-state index is -0.904. The smallest absolute Gasteiger partial charge is 0.313 e. The van der Waals surface area contributed by atoms with Crippen molar-refractivity contribution in [1.29, 1.82) is 0 Å². The van der Waals surface area contributed by atoms with Gasteiger partial charge in [-0.3, -0.25) is 14.9 Å². The van der Waals surface area contributed by atoms with Crippen molar-refractivity contribution in [2.45, 2.75) is 44.1 Å². The molecule has 0 atom stereocenters. The number of aromatic nitrogens is 1. The van der Waals surface area contributed by atoms with Gasteiger partial charge < -0.3 is 14.6 Å². The summed E-state index contributed by atoms with van der Waals surface area (Å²) in [5.41, 5.74) is 0.388. The minimum absolute atomic E-state index is 0.0389. The highest BCUT2D eigenvalue weighted by molar-refractivity contribution is 8.01. The van der Waals surface area contributed by atoms with Crippen LogP contribution < -0.4 is 14.8 Å². The summed E-state index contributed by atoms with van der Waals surface area (Å²) in [6.45, 7) is 7.62. The van der Waals surface area contributed by atoms with Crippen molar-refractivity contribution in [3.8, 4) is 11.5 Å². The van der Waals surface area contributed by atoms with Gasteiger partial charge in [0.1, 0.15) is 11.5 Å². The third kappa shape index (κ3) is 7.10. The lowest BCUT2D eigenvalue weighted by molar-refractivity contribution is -0.133. The largest absolute Gasteiger partial charge is 0.491 e. The first-order chi connectivity index (χ1) is 12.7. The highest BCUT2D eigenvalue weighted by Crippen LogP contribution is 2.29. The SMILES string of the molecule is CC(C)Oc1cc(OC(C)C)cc(C(=O)Nc2ncc(SCC(=O)O)s2)c1. The molecule has 27 heavy (non-hydrogen) atoms. The van der Waals surface area contributed by atoms with Crippen LogP contribution in [0.4, 0.5) is 5.13 Å². The van der Waals surface area contributed by atoms with Crippen molar-refractivity contribution in [3.63, 3.8) is 0 Å². The van der Waals surface area contributed by atoms with Gasteiger partial charge in [-0.2, -0.15) is 0 Å². The number of ether oxygens (including phenoxy) is 2. The highest BCUT2D eigenvalue weighted by atomic mass is 32.2. The zero-order valence-corrected chi connectivity index (χ0v) is 17.1. The van der Waals surface area contributed by atoms with E-state index < -0.39 is 5.97 Å². The molecule has 0 aliphatic heterocycles. The van der Waals surface area contributed by atoms with Gasteiger partial charge in [0, 0.05) is 11.6 Å². The minimum Gasteiger partial charge on any atom is -0.491 e. The number of nitrogens with one attached hydrogen (secondary N) is 1. The number of aliphatic carboxylic acids is 1. The standard InChI is InChI=1S/C18H22N2O5S2/c1-10(2)24-13-5-12(6-14(7-13)25-11(3)4)17(23)20-18-19-8-16(27-18)26-9-15(21)22/h5-8,10-11H,9H2,1-4H3,(H,21,22)(H,19,20,23). The van der Waals surface area contributed by atoms with Gasteiger partial charge in [0.05, 0.1) is 28.4 Å². The molecule has 1 amide bonds. The van der Waals surface area contributed by atoms with E-state index in [0.29, 0.717) is 26.4 Å². The first-order valence-corrected chi connectivity index (χ1v) is 10.1. The number of carboxylic acid groups (broad SMARTS) is 1. The van der Waals surface area contributed by atoms with Crippen molar-refractivity contribution < 1.29 is 24.2 Å². The Bertz CT molecular complexity index is 777. The molecule has 0 fully saturated rings. The molecule has 0 spiro atoms. The molecule has 0 saturated carbocycles. The van der Waals surface area contributed by atoms with Gasteiger partial charge in [-0.1, -0.05) is 11.3 Å². The molecule has 1 aromatic carbocycles. The Hall–Kier alpha value is -2.26. The van der Waals surface area contributed by atoms with Crippen LogP contribution in [0.2, 0.25) is 0 Å². The number of hydrogen-bond acceptors (Lipinski definition) is 7. The van der Waals surface area contributed by atoms with Crippen LogP contribution >= 0.6 is 23.1 Å². The third-order valence-electron chi connectivity index (χ3n) is 2.93. The molecule has 0 aliphatic rings. The molecule has 2 aromatic rings. The van der Waals surface area contributed by atoms with E-state index >= 15 is 0 Å². The predicted molar refractivity (Wildman–Crippen MR) is 106 cm³/mol. The molecule has 2 rings (SSSR count). The number of benzene rings is 1. The van der Waals surface area contributed by atoms with Gasteiger partial charge in [0.15, 0.2) is 5.13 Å². The molecule has 7 nitrogen and oxygen atoms in total. The average Bonchev–Trinajstić information content (AvgIpc) is 2.98. The number of amides is 1. The molecule has 0 unspecified atom stereocenters. The maximum atomic E-state index is 12.6. The zero-order chi connectivity index (χ0) is 20.0. The molecule has 1 heterocycles. The van der Waals surface area contributed by atoms with E-state index in [0.717, 1.165) is 11.8 Å². The molecule has 0 aliphatic carbocycles. The Balaban J connectivity index is 2.15. The highest BCUT2D eigenvalue weighted by Gasteiger charge is 2.14. The fourth-order valence-electron chi connectivity index (χ4n) is 2.07. The second-order valence-corrected chi connectivity index (χ2v) is 8.45. The molecule has 0 radical (unpaired) electrons. The number of nitrogens with zero attached hydrogens (tertiary/aromatic N) is 1. The van der Waals surface area contributed by atoms with Gasteiger partial charge in [0.2, 0.25) is 0 Å². The molecule has 9 heteroatoms. The third-order valence-corrected chi connectivity index (χ3v) is 5.02. The maximum Gasteiger partial charge on any atom is 0.313 e. The first-order valence-electron chi connectivity index (χ1n) is 8.33. The van der Waals surface area contributed by atoms with Crippen LogP contribution in [0, 0.1) is 0 Å². The molecule has 2 N–H and O–H groups in total. The normalized spacial score (nSPS) is 10.9. The van der Waals surface area contributed by atoms with Crippen LogP contribution in [0.3, 0.4) is 0 Å². The number of anilines is 1. The fraction of sp³-hybridized carbons (Fsp3) is 0.389. The summed E-state index contributed by atoms with van der Waals surface area (Å²) in [7, 11) is 0. The van der Waals surface area contributed by atoms with Crippen LogP contribution in [-0.2, 0) is 4.79 Å². The van der Waals surface area contributed by atoms with E-state index in [-0.39, 0.29) is 23.9 Å². The van der Waals surface area contributed by atoms with E-state index in [1.807, 2.05) is 27.7 Å². The second kappa shape index (κ2) is 9.61. The molecular weight excluding hydrogens is 388 g/mol. The van der Waals surface area contributed by atoms with E-state index in [2.05, 4.69) is 10.3 Å². The second-order valence-electron chi connectivity index (χ2n) is 6.15. The van der Waals surface area contributed by atoms with Crippen molar-refractivity contribution in [2.75, 3.05) is 11.1 Å². The van der Waals surface area contributed by atoms with E-state index in [1.165, 1.54) is 11.3 Å². The Morgan fingerprint density at radius 2 is 1.74 bits per heavy atom. The number of rotatable bonds is 9. The monoisotopic (exact) mass is 410 g/mol. The number of carbonyl (C=O) groups excluding carboxylic acids is 1. The molecule has 0 bridgehead atoms. The Kier molecular flexibility index (Phi) is 7.49. The fourth-order valence-corrected chi connectivity index (χ4v) is 3.66. The summed E-state index contributed by atoms with van der Waals surface area (Å²) >= 11 is 2.38. The summed E-state index contributed by atoms with van der Waals surface area (Å²) in [6.07, 6.45) is 1.46. The summed E-state index contributed by atoms with van der Waals surface area (Å²) in [4.78, 5) is 27.3. The molecule has 146 valence electrons. The lowest BCUT2D eigenvalue weighted by Gasteiger charge is -2.15. The van der Waals surface area contributed by atoms with E-state index in [9.17, 15) is 9.59 Å². The number of carboxylic acids is 1. The van der Waals surface area contributed by atoms with Gasteiger partial charge in [-0.05, 0) is 39.8 Å². The quantitative estimate of drug-likeness (QED) is 0.599. The van der Waals surface area contributed by atoms with Gasteiger partial charge >= 0.3 is 5.97 Å².